The highest BCUT2D eigenvalue weighted by Gasteiger charge is 2.14. The molecule has 0 bridgehead atoms. The molecule has 3 aromatic rings. The first kappa shape index (κ1) is 34.3. The molecule has 1 atom stereocenters. The van der Waals surface area contributed by atoms with Crippen LogP contribution in [0.15, 0.2) is 76.6 Å². The average Bonchev–Trinajstić information content (AvgIpc) is 2.97. The van der Waals surface area contributed by atoms with Gasteiger partial charge >= 0.3 is 0 Å². The van der Waals surface area contributed by atoms with Crippen LogP contribution in [0.5, 0.6) is 0 Å². The summed E-state index contributed by atoms with van der Waals surface area (Å²) in [6.07, 6.45) is 11.2. The summed E-state index contributed by atoms with van der Waals surface area (Å²) in [7, 11) is 1.75. The van der Waals surface area contributed by atoms with E-state index in [9.17, 15) is 4.79 Å². The number of aryl methyl sites for hydroxylation is 2. The van der Waals surface area contributed by atoms with Gasteiger partial charge in [-0.3, -0.25) is 19.8 Å². The molecule has 10 nitrogen and oxygen atoms in total. The van der Waals surface area contributed by atoms with Gasteiger partial charge < -0.3 is 16.8 Å². The van der Waals surface area contributed by atoms with Gasteiger partial charge in [-0.05, 0) is 70.0 Å². The number of pyridine rings is 2. The molecule has 0 spiro atoms. The van der Waals surface area contributed by atoms with Gasteiger partial charge in [0.2, 0.25) is 0 Å². The van der Waals surface area contributed by atoms with Crippen molar-refractivity contribution in [2.75, 3.05) is 7.05 Å². The summed E-state index contributed by atoms with van der Waals surface area (Å²) in [5.41, 5.74) is 15.9. The molecule has 0 saturated carbocycles. The van der Waals surface area contributed by atoms with E-state index in [2.05, 4.69) is 35.2 Å². The fourth-order valence-electron chi connectivity index (χ4n) is 3.12. The minimum absolute atomic E-state index is 0.200. The first-order valence-corrected chi connectivity index (χ1v) is 13.6. The van der Waals surface area contributed by atoms with Crippen LogP contribution in [0.1, 0.15) is 74.5 Å². The molecule has 3 aromatic heterocycles. The highest BCUT2D eigenvalue weighted by Crippen LogP contribution is 2.19. The van der Waals surface area contributed by atoms with Gasteiger partial charge in [0.05, 0.1) is 6.04 Å². The second kappa shape index (κ2) is 18.5. The minimum atomic E-state index is -0.279. The number of nitrogens with one attached hydrogen (secondary N) is 1. The Labute approximate surface area is 243 Å². The smallest absolute Gasteiger partial charge is 0.270 e. The number of rotatable bonds is 8. The molecule has 1 amide bonds. The largest absolute Gasteiger partial charge is 0.402 e. The Kier molecular flexibility index (Phi) is 15.5. The van der Waals surface area contributed by atoms with Crippen LogP contribution in [-0.2, 0) is 0 Å². The van der Waals surface area contributed by atoms with Crippen molar-refractivity contribution in [2.45, 2.75) is 60.9 Å². The molecule has 0 radical (unpaired) electrons. The Morgan fingerprint density at radius 3 is 2.32 bits per heavy atom. The molecule has 1 unspecified atom stereocenters. The molecule has 5 N–H and O–H groups in total. The lowest BCUT2D eigenvalue weighted by Crippen LogP contribution is -2.27. The van der Waals surface area contributed by atoms with E-state index in [-0.39, 0.29) is 17.8 Å². The Morgan fingerprint density at radius 1 is 1.05 bits per heavy atom. The summed E-state index contributed by atoms with van der Waals surface area (Å²) in [5.74, 6) is 0.838. The molecule has 0 saturated heterocycles. The molecule has 3 rings (SSSR count). The predicted molar refractivity (Wildman–Crippen MR) is 169 cm³/mol. The fraction of sp³-hybridized carbons (Fsp3) is 0.323. The summed E-state index contributed by atoms with van der Waals surface area (Å²) < 4.78 is 0. The zero-order valence-electron chi connectivity index (χ0n) is 25.4. The number of carbonyl (C=O) groups is 1. The molecule has 3 heterocycles. The first-order valence-electron chi connectivity index (χ1n) is 13.6. The average molecular weight is 558 g/mol. The quantitative estimate of drug-likeness (QED) is 0.241. The van der Waals surface area contributed by atoms with Crippen molar-refractivity contribution in [1.82, 2.24) is 25.3 Å². The SMILES string of the molecule is C/C=C\C=NC.CC.CC/C(N)=C/C(N)=Nc1cc(C)nc(-c2ccc(C(=O)NC(C)c3ccc(C)nc3)nc2)n1. The van der Waals surface area contributed by atoms with Gasteiger partial charge in [0.1, 0.15) is 11.5 Å². The topological polar surface area (TPSA) is 157 Å². The van der Waals surface area contributed by atoms with Gasteiger partial charge in [-0.25, -0.2) is 15.0 Å². The van der Waals surface area contributed by atoms with E-state index >= 15 is 0 Å². The Bertz CT molecular complexity index is 1330. The molecule has 0 fully saturated rings. The highest BCUT2D eigenvalue weighted by molar-refractivity contribution is 5.94. The third-order valence-corrected chi connectivity index (χ3v) is 5.29. The molecule has 0 aliphatic carbocycles. The van der Waals surface area contributed by atoms with Gasteiger partial charge in [0.15, 0.2) is 11.6 Å². The number of nitrogens with two attached hydrogens (primary N) is 2. The van der Waals surface area contributed by atoms with Crippen LogP contribution in [0, 0.1) is 13.8 Å². The molecule has 0 aromatic carbocycles. The zero-order valence-corrected chi connectivity index (χ0v) is 25.4. The second-order valence-corrected chi connectivity index (χ2v) is 8.59. The number of amides is 1. The number of aliphatic imine (C=N–C) groups is 2. The summed E-state index contributed by atoms with van der Waals surface area (Å²) in [6.45, 7) is 13.6. The molecular weight excluding hydrogens is 514 g/mol. The van der Waals surface area contributed by atoms with Crippen molar-refractivity contribution < 1.29 is 4.79 Å². The summed E-state index contributed by atoms with van der Waals surface area (Å²) in [4.78, 5) is 38.1. The van der Waals surface area contributed by atoms with Crippen LogP contribution < -0.4 is 16.8 Å². The lowest BCUT2D eigenvalue weighted by atomic mass is 10.1. The van der Waals surface area contributed by atoms with Crippen molar-refractivity contribution >= 4 is 23.8 Å². The van der Waals surface area contributed by atoms with Crippen molar-refractivity contribution in [3.63, 3.8) is 0 Å². The van der Waals surface area contributed by atoms with Crippen LogP contribution in [-0.4, -0.2) is 44.9 Å². The van der Waals surface area contributed by atoms with Crippen LogP contribution in [0.25, 0.3) is 11.4 Å². The number of aromatic nitrogens is 4. The Hall–Kier alpha value is -4.73. The lowest BCUT2D eigenvalue weighted by molar-refractivity contribution is 0.0935. The predicted octanol–water partition coefficient (Wildman–Crippen LogP) is 5.57. The van der Waals surface area contributed by atoms with E-state index in [0.29, 0.717) is 35.0 Å². The van der Waals surface area contributed by atoms with E-state index in [1.165, 1.54) is 0 Å². The minimum Gasteiger partial charge on any atom is -0.402 e. The first-order chi connectivity index (χ1) is 19.7. The van der Waals surface area contributed by atoms with Gasteiger partial charge in [0.25, 0.3) is 5.91 Å². The second-order valence-electron chi connectivity index (χ2n) is 8.59. The van der Waals surface area contributed by atoms with Crippen molar-refractivity contribution in [3.8, 4) is 11.4 Å². The fourth-order valence-corrected chi connectivity index (χ4v) is 3.12. The van der Waals surface area contributed by atoms with Crippen LogP contribution in [0.3, 0.4) is 0 Å². The maximum Gasteiger partial charge on any atom is 0.270 e. The maximum absolute atomic E-state index is 12.6. The molecule has 41 heavy (non-hydrogen) atoms. The lowest BCUT2D eigenvalue weighted by Gasteiger charge is -2.14. The maximum atomic E-state index is 12.6. The number of hydrogen-bond acceptors (Lipinski definition) is 8. The normalized spacial score (nSPS) is 12.3. The Morgan fingerprint density at radius 2 is 1.78 bits per heavy atom. The third-order valence-electron chi connectivity index (χ3n) is 5.29. The van der Waals surface area contributed by atoms with Crippen molar-refractivity contribution in [3.05, 3.63) is 89.3 Å². The monoisotopic (exact) mass is 557 g/mol. The Balaban J connectivity index is 0.000000931. The number of nitrogens with zero attached hydrogens (tertiary/aromatic N) is 6. The summed E-state index contributed by atoms with van der Waals surface area (Å²) in [5, 5.41) is 2.93. The van der Waals surface area contributed by atoms with Crippen LogP contribution in [0.2, 0.25) is 0 Å². The van der Waals surface area contributed by atoms with Gasteiger partial charge in [-0.2, -0.15) is 0 Å². The molecule has 0 aliphatic rings. The van der Waals surface area contributed by atoms with Crippen LogP contribution >= 0.6 is 0 Å². The number of amidine groups is 1. The summed E-state index contributed by atoms with van der Waals surface area (Å²) in [6, 6.07) is 8.77. The number of hydrogen-bond donors (Lipinski definition) is 3. The summed E-state index contributed by atoms with van der Waals surface area (Å²) >= 11 is 0. The van der Waals surface area contributed by atoms with E-state index in [1.807, 2.05) is 72.8 Å². The molecular formula is C31H43N9O. The van der Waals surface area contributed by atoms with Crippen molar-refractivity contribution in [2.24, 2.45) is 21.5 Å². The van der Waals surface area contributed by atoms with E-state index in [0.717, 1.165) is 17.0 Å². The number of carbonyl (C=O) groups excluding carboxylic acids is 1. The van der Waals surface area contributed by atoms with Gasteiger partial charge in [-0.1, -0.05) is 32.9 Å². The third kappa shape index (κ3) is 12.3. The zero-order chi connectivity index (χ0) is 30.8. The molecule has 0 aliphatic heterocycles. The van der Waals surface area contributed by atoms with E-state index in [1.54, 1.807) is 49.9 Å². The molecule has 10 heteroatoms. The van der Waals surface area contributed by atoms with E-state index < -0.39 is 0 Å². The highest BCUT2D eigenvalue weighted by atomic mass is 16.1. The van der Waals surface area contributed by atoms with Gasteiger partial charge in [-0.15, -0.1) is 0 Å². The van der Waals surface area contributed by atoms with Gasteiger partial charge in [0, 0.05) is 54.4 Å². The molecule has 218 valence electrons. The standard InChI is InChI=1S/C24H28N8O.C5H9N.C2H6/c1-5-19(25)11-21(26)31-22-10-15(3)29-23(32-22)18-8-9-20(28-13-18)24(33)30-16(4)17-7-6-14(2)27-12-17;1-3-4-5-6-2;1-2/h6-13,16H,5,25H2,1-4H3,(H,30,33)(H2,26,29,31,32);3-5H,1-2H3;1-2H3/b19-11-;4-3-,6-5?;. The van der Waals surface area contributed by atoms with Crippen LogP contribution in [0.4, 0.5) is 5.82 Å². The van der Waals surface area contributed by atoms with Crippen molar-refractivity contribution in [1.29, 1.82) is 0 Å². The number of allylic oxidation sites excluding steroid dienone is 3. The van der Waals surface area contributed by atoms with E-state index in [4.69, 9.17) is 11.5 Å².